The Labute approximate surface area is 218 Å². The summed E-state index contributed by atoms with van der Waals surface area (Å²) < 4.78 is 16.1. The zero-order valence-electron chi connectivity index (χ0n) is 22.1. The molecule has 9 heteroatoms. The molecule has 1 aliphatic rings. The van der Waals surface area contributed by atoms with Gasteiger partial charge in [0.15, 0.2) is 0 Å². The van der Waals surface area contributed by atoms with Crippen LogP contribution >= 0.6 is 0 Å². The largest absolute Gasteiger partial charge is 0.497 e. The Balaban J connectivity index is 1.74. The third-order valence-corrected chi connectivity index (χ3v) is 6.47. The van der Waals surface area contributed by atoms with Crippen molar-refractivity contribution in [3.63, 3.8) is 0 Å². The minimum atomic E-state index is -0.392. The van der Waals surface area contributed by atoms with Gasteiger partial charge < -0.3 is 24.0 Å². The predicted molar refractivity (Wildman–Crippen MR) is 139 cm³/mol. The molecule has 0 N–H and O–H groups in total. The second-order valence-corrected chi connectivity index (χ2v) is 8.98. The zero-order valence-corrected chi connectivity index (χ0v) is 22.1. The van der Waals surface area contributed by atoms with Crippen molar-refractivity contribution < 1.29 is 28.6 Å². The van der Waals surface area contributed by atoms with Crippen LogP contribution in [0.3, 0.4) is 0 Å². The van der Waals surface area contributed by atoms with Gasteiger partial charge in [0.25, 0.3) is 0 Å². The van der Waals surface area contributed by atoms with E-state index in [-0.39, 0.29) is 31.1 Å². The first-order valence-corrected chi connectivity index (χ1v) is 12.6. The van der Waals surface area contributed by atoms with Crippen LogP contribution in [-0.4, -0.2) is 92.1 Å². The summed E-state index contributed by atoms with van der Waals surface area (Å²) in [4.78, 5) is 43.1. The maximum atomic E-state index is 13.3. The molecule has 2 amide bonds. The molecular formula is C28H37N3O6. The molecule has 3 rings (SSSR count). The molecule has 0 aliphatic carbocycles. The van der Waals surface area contributed by atoms with Gasteiger partial charge in [-0.05, 0) is 49.2 Å². The van der Waals surface area contributed by atoms with E-state index in [1.165, 1.54) is 7.11 Å². The lowest BCUT2D eigenvalue weighted by Gasteiger charge is -2.26. The molecule has 1 aliphatic heterocycles. The number of carbonyl (C=O) groups excluding carboxylic acids is 3. The van der Waals surface area contributed by atoms with E-state index in [4.69, 9.17) is 14.2 Å². The lowest BCUT2D eigenvalue weighted by molar-refractivity contribution is -0.138. The molecule has 1 saturated heterocycles. The van der Waals surface area contributed by atoms with Gasteiger partial charge in [-0.1, -0.05) is 24.3 Å². The average molecular weight is 512 g/mol. The highest BCUT2D eigenvalue weighted by Crippen LogP contribution is 2.18. The zero-order chi connectivity index (χ0) is 26.8. The summed E-state index contributed by atoms with van der Waals surface area (Å²) in [6.07, 6.45) is -0.335. The fraction of sp³-hybridized carbons (Fsp3) is 0.464. The highest BCUT2D eigenvalue weighted by molar-refractivity contribution is 5.89. The quantitative estimate of drug-likeness (QED) is 0.429. The highest BCUT2D eigenvalue weighted by atomic mass is 16.5. The minimum absolute atomic E-state index is 0.0110. The van der Waals surface area contributed by atoms with Gasteiger partial charge in [0.05, 0.1) is 32.4 Å². The van der Waals surface area contributed by atoms with Crippen molar-refractivity contribution in [2.75, 3.05) is 53.6 Å². The maximum Gasteiger partial charge on any atom is 0.337 e. The van der Waals surface area contributed by atoms with E-state index in [1.54, 1.807) is 29.0 Å². The smallest absolute Gasteiger partial charge is 0.337 e. The van der Waals surface area contributed by atoms with Crippen molar-refractivity contribution in [3.05, 3.63) is 65.2 Å². The molecule has 2 aromatic rings. The Morgan fingerprint density at radius 3 is 2.14 bits per heavy atom. The van der Waals surface area contributed by atoms with E-state index in [0.717, 1.165) is 16.9 Å². The van der Waals surface area contributed by atoms with Crippen LogP contribution in [0, 0.1) is 0 Å². The molecule has 200 valence electrons. The van der Waals surface area contributed by atoms with Gasteiger partial charge in [0.1, 0.15) is 12.4 Å². The number of likely N-dealkylation sites (N-methyl/N-ethyl adjacent to an activating group) is 1. The van der Waals surface area contributed by atoms with Crippen LogP contribution < -0.4 is 4.74 Å². The van der Waals surface area contributed by atoms with Gasteiger partial charge in [-0.2, -0.15) is 0 Å². The Hall–Kier alpha value is -3.43. The molecule has 1 fully saturated rings. The second kappa shape index (κ2) is 13.8. The Morgan fingerprint density at radius 1 is 0.919 bits per heavy atom. The molecule has 0 aromatic heterocycles. The van der Waals surface area contributed by atoms with Crippen LogP contribution in [0.1, 0.15) is 35.3 Å². The fourth-order valence-electron chi connectivity index (χ4n) is 4.36. The summed E-state index contributed by atoms with van der Waals surface area (Å²) in [6.45, 7) is 7.14. The number of esters is 1. The molecule has 0 radical (unpaired) electrons. The third kappa shape index (κ3) is 8.03. The van der Waals surface area contributed by atoms with Crippen molar-refractivity contribution in [2.45, 2.75) is 33.0 Å². The molecule has 0 saturated carbocycles. The van der Waals surface area contributed by atoms with Crippen LogP contribution in [-0.2, 0) is 32.2 Å². The summed E-state index contributed by atoms with van der Waals surface area (Å²) in [5.74, 6) is 0.291. The van der Waals surface area contributed by atoms with Crippen LogP contribution in [0.5, 0.6) is 5.75 Å². The van der Waals surface area contributed by atoms with E-state index < -0.39 is 5.97 Å². The van der Waals surface area contributed by atoms with Gasteiger partial charge >= 0.3 is 5.97 Å². The van der Waals surface area contributed by atoms with E-state index in [2.05, 4.69) is 0 Å². The molecule has 1 unspecified atom stereocenters. The topological polar surface area (TPSA) is 88.6 Å². The van der Waals surface area contributed by atoms with Gasteiger partial charge in [-0.15, -0.1) is 0 Å². The number of amides is 2. The summed E-state index contributed by atoms with van der Waals surface area (Å²) in [5, 5.41) is 0. The van der Waals surface area contributed by atoms with Crippen molar-refractivity contribution in [1.29, 1.82) is 0 Å². The first kappa shape index (κ1) is 28.1. The van der Waals surface area contributed by atoms with Gasteiger partial charge in [-0.25, -0.2) is 4.79 Å². The Bertz CT molecular complexity index is 1040. The number of benzene rings is 2. The van der Waals surface area contributed by atoms with Crippen molar-refractivity contribution in [3.8, 4) is 5.75 Å². The van der Waals surface area contributed by atoms with E-state index >= 15 is 0 Å². The molecule has 1 atom stereocenters. The van der Waals surface area contributed by atoms with Crippen molar-refractivity contribution in [1.82, 2.24) is 14.7 Å². The van der Waals surface area contributed by atoms with Crippen LogP contribution in [0.4, 0.5) is 0 Å². The van der Waals surface area contributed by atoms with Crippen molar-refractivity contribution in [2.24, 2.45) is 0 Å². The number of nitrogens with zero attached hydrogens (tertiary/aromatic N) is 3. The number of hydrogen-bond donors (Lipinski definition) is 0. The number of carbonyl (C=O) groups is 3. The maximum absolute atomic E-state index is 13.3. The SMILES string of the molecule is CCN(CC)C(=O)COC1CN(Cc2ccc(C(=O)OC)cc2)CC(=O)N(Cc2ccc(OC)cc2)C1. The number of hydrogen-bond acceptors (Lipinski definition) is 7. The molecule has 0 spiro atoms. The van der Waals surface area contributed by atoms with E-state index in [0.29, 0.717) is 44.8 Å². The van der Waals surface area contributed by atoms with Crippen LogP contribution in [0.2, 0.25) is 0 Å². The van der Waals surface area contributed by atoms with Crippen LogP contribution in [0.15, 0.2) is 48.5 Å². The lowest BCUT2D eigenvalue weighted by Crippen LogP contribution is -2.40. The van der Waals surface area contributed by atoms with Gasteiger partial charge in [-0.3, -0.25) is 14.5 Å². The highest BCUT2D eigenvalue weighted by Gasteiger charge is 2.29. The third-order valence-electron chi connectivity index (χ3n) is 6.47. The summed E-state index contributed by atoms with van der Waals surface area (Å²) in [7, 11) is 2.97. The van der Waals surface area contributed by atoms with Gasteiger partial charge in [0, 0.05) is 39.3 Å². The normalized spacial score (nSPS) is 16.3. The molecule has 1 heterocycles. The van der Waals surface area contributed by atoms with Gasteiger partial charge in [0.2, 0.25) is 11.8 Å². The molecule has 9 nitrogen and oxygen atoms in total. The summed E-state index contributed by atoms with van der Waals surface area (Å²) >= 11 is 0. The monoisotopic (exact) mass is 511 g/mol. The van der Waals surface area contributed by atoms with E-state index in [9.17, 15) is 14.4 Å². The van der Waals surface area contributed by atoms with E-state index in [1.807, 2.05) is 55.1 Å². The first-order chi connectivity index (χ1) is 17.9. The number of ether oxygens (including phenoxy) is 3. The average Bonchev–Trinajstić information content (AvgIpc) is 3.06. The molecule has 0 bridgehead atoms. The molecular weight excluding hydrogens is 474 g/mol. The number of rotatable bonds is 11. The predicted octanol–water partition coefficient (Wildman–Crippen LogP) is 2.58. The second-order valence-electron chi connectivity index (χ2n) is 8.98. The standard InChI is InChI=1S/C28H37N3O6/c1-5-30(6-2)27(33)20-37-25-17-29(15-21-7-11-23(12-8-21)28(34)36-4)19-26(32)31(18-25)16-22-9-13-24(35-3)14-10-22/h7-14,25H,5-6,15-20H2,1-4H3. The minimum Gasteiger partial charge on any atom is -0.497 e. The molecule has 37 heavy (non-hydrogen) atoms. The molecule has 2 aromatic carbocycles. The van der Waals surface area contributed by atoms with Crippen molar-refractivity contribution >= 4 is 17.8 Å². The Morgan fingerprint density at radius 2 is 1.54 bits per heavy atom. The summed E-state index contributed by atoms with van der Waals surface area (Å²) in [6, 6.07) is 14.8. The number of methoxy groups -OCH3 is 2. The first-order valence-electron chi connectivity index (χ1n) is 12.6. The lowest BCUT2D eigenvalue weighted by atomic mass is 10.1. The Kier molecular flexibility index (Phi) is 10.5. The van der Waals surface area contributed by atoms with Crippen LogP contribution in [0.25, 0.3) is 0 Å². The fourth-order valence-corrected chi connectivity index (χ4v) is 4.36. The summed E-state index contributed by atoms with van der Waals surface area (Å²) in [5.41, 5.74) is 2.42.